The van der Waals surface area contributed by atoms with Crippen molar-refractivity contribution in [3.8, 4) is 0 Å². The van der Waals surface area contributed by atoms with Crippen molar-refractivity contribution in [1.29, 1.82) is 0 Å². The fourth-order valence-electron chi connectivity index (χ4n) is 8.36. The average Bonchev–Trinajstić information content (AvgIpc) is 3.05. The first-order valence-corrected chi connectivity index (χ1v) is 18.8. The number of hydrogen-bond donors (Lipinski definition) is 6. The number of likely N-dealkylation sites (N-methyl/N-ethyl adjacent to an activating group) is 1. The lowest BCUT2D eigenvalue weighted by Crippen LogP contribution is -2.60. The van der Waals surface area contributed by atoms with Crippen LogP contribution in [0.15, 0.2) is 0 Å². The van der Waals surface area contributed by atoms with Gasteiger partial charge in [-0.25, -0.2) is 0 Å². The number of aliphatic hydroxyl groups excluding tert-OH is 3. The Hall–Kier alpha value is -1.01. The van der Waals surface area contributed by atoms with Gasteiger partial charge in [0, 0.05) is 31.5 Å². The summed E-state index contributed by atoms with van der Waals surface area (Å²) in [6, 6.07) is -0.858. The summed E-state index contributed by atoms with van der Waals surface area (Å²) in [5.74, 6) is -2.60. The van der Waals surface area contributed by atoms with Crippen LogP contribution in [0.3, 0.4) is 0 Å². The molecule has 0 unspecified atom stereocenters. The Morgan fingerprint density at radius 1 is 0.941 bits per heavy atom. The van der Waals surface area contributed by atoms with Gasteiger partial charge in [-0.1, -0.05) is 20.8 Å². The molecule has 0 saturated carbocycles. The largest absolute Gasteiger partial charge is 0.459 e. The predicted molar refractivity (Wildman–Crippen MR) is 190 cm³/mol. The van der Waals surface area contributed by atoms with Crippen molar-refractivity contribution in [2.75, 3.05) is 27.7 Å². The van der Waals surface area contributed by atoms with Crippen molar-refractivity contribution in [3.05, 3.63) is 0 Å². The number of cyclic esters (lactones) is 1. The number of aliphatic hydroxyl groups is 5. The van der Waals surface area contributed by atoms with E-state index in [4.69, 9.17) is 28.4 Å². The molecule has 3 aliphatic rings. The summed E-state index contributed by atoms with van der Waals surface area (Å²) in [5.41, 5.74) is -4.37. The molecular weight excluding hydrogens is 664 g/mol. The topological polar surface area (TPSA) is 189 Å². The van der Waals surface area contributed by atoms with Gasteiger partial charge in [-0.3, -0.25) is 4.79 Å². The summed E-state index contributed by atoms with van der Waals surface area (Å²) >= 11 is 0. The lowest BCUT2D eigenvalue weighted by molar-refractivity contribution is -0.318. The highest BCUT2D eigenvalue weighted by Crippen LogP contribution is 2.40. The van der Waals surface area contributed by atoms with Crippen LogP contribution in [-0.4, -0.2) is 154 Å². The highest BCUT2D eigenvalue weighted by atomic mass is 16.7. The van der Waals surface area contributed by atoms with Gasteiger partial charge >= 0.3 is 5.97 Å². The second-order valence-corrected chi connectivity index (χ2v) is 16.7. The maximum atomic E-state index is 14.1. The zero-order valence-corrected chi connectivity index (χ0v) is 33.2. The van der Waals surface area contributed by atoms with Gasteiger partial charge in [0.1, 0.15) is 30.0 Å². The van der Waals surface area contributed by atoms with Crippen molar-refractivity contribution in [3.63, 3.8) is 0 Å². The van der Waals surface area contributed by atoms with E-state index in [1.165, 1.54) is 14.0 Å². The molecule has 300 valence electrons. The fraction of sp³-hybridized carbons (Fsp3) is 0.973. The molecule has 14 heteroatoms. The van der Waals surface area contributed by atoms with Crippen LogP contribution >= 0.6 is 0 Å². The smallest absolute Gasteiger partial charge is 0.311 e. The van der Waals surface area contributed by atoms with Gasteiger partial charge in [0.05, 0.1) is 41.5 Å². The van der Waals surface area contributed by atoms with Crippen LogP contribution in [0, 0.1) is 17.8 Å². The monoisotopic (exact) mass is 734 g/mol. The molecule has 14 nitrogen and oxygen atoms in total. The maximum absolute atomic E-state index is 14.1. The van der Waals surface area contributed by atoms with Crippen molar-refractivity contribution in [2.24, 2.45) is 17.8 Å². The van der Waals surface area contributed by atoms with Crippen LogP contribution in [0.1, 0.15) is 94.9 Å². The van der Waals surface area contributed by atoms with Gasteiger partial charge in [-0.05, 0) is 94.3 Å². The highest BCUT2D eigenvalue weighted by Gasteiger charge is 2.52. The molecule has 0 aliphatic carbocycles. The Morgan fingerprint density at radius 2 is 1.57 bits per heavy atom. The van der Waals surface area contributed by atoms with Gasteiger partial charge in [0.2, 0.25) is 0 Å². The van der Waals surface area contributed by atoms with Crippen LogP contribution in [-0.2, 0) is 33.2 Å². The zero-order valence-electron chi connectivity index (χ0n) is 33.2. The molecule has 0 aromatic heterocycles. The Morgan fingerprint density at radius 3 is 2.14 bits per heavy atom. The Bertz CT molecular complexity index is 1110. The summed E-state index contributed by atoms with van der Waals surface area (Å²) in [6.45, 7) is 17.8. The number of carbonyl (C=O) groups excluding carboxylic acids is 1. The number of esters is 1. The third-order valence-electron chi connectivity index (χ3n) is 11.7. The summed E-state index contributed by atoms with van der Waals surface area (Å²) in [7, 11) is 5.27. The lowest BCUT2D eigenvalue weighted by atomic mass is 9.77. The van der Waals surface area contributed by atoms with Crippen molar-refractivity contribution in [2.45, 2.75) is 185 Å². The fourth-order valence-corrected chi connectivity index (χ4v) is 8.36. The summed E-state index contributed by atoms with van der Waals surface area (Å²) in [5, 5.41) is 60.9. The average molecular weight is 735 g/mol. The first-order valence-electron chi connectivity index (χ1n) is 18.8. The van der Waals surface area contributed by atoms with E-state index in [2.05, 4.69) is 5.32 Å². The number of methoxy groups -OCH3 is 1. The number of nitrogens with one attached hydrogen (secondary N) is 1. The molecule has 3 fully saturated rings. The number of ether oxygens (including phenoxy) is 6. The van der Waals surface area contributed by atoms with Crippen molar-refractivity contribution < 1.29 is 58.7 Å². The van der Waals surface area contributed by atoms with Crippen LogP contribution < -0.4 is 5.32 Å². The Kier molecular flexibility index (Phi) is 15.3. The van der Waals surface area contributed by atoms with Gasteiger partial charge in [0.25, 0.3) is 0 Å². The molecule has 0 aromatic rings. The molecule has 3 heterocycles. The van der Waals surface area contributed by atoms with Crippen LogP contribution in [0.2, 0.25) is 0 Å². The van der Waals surface area contributed by atoms with Gasteiger partial charge in [-0.2, -0.15) is 0 Å². The number of hydrogen-bond acceptors (Lipinski definition) is 14. The molecule has 0 radical (unpaired) electrons. The molecule has 51 heavy (non-hydrogen) atoms. The quantitative estimate of drug-likeness (QED) is 0.207. The number of rotatable bonds is 7. The lowest BCUT2D eigenvalue weighted by Gasteiger charge is -2.48. The van der Waals surface area contributed by atoms with Crippen molar-refractivity contribution in [1.82, 2.24) is 10.2 Å². The number of carbonyl (C=O) groups is 1. The molecule has 18 atom stereocenters. The van der Waals surface area contributed by atoms with E-state index in [1.54, 1.807) is 41.5 Å². The first-order chi connectivity index (χ1) is 23.5. The SMILES string of the molecule is CC[C@H]1OC(=O)[C@H](C)[C@@H](O[C@@H]2C[C@](C)(OC)[C@H](O)[C@H](C)O2)[C@H](C)[C@@H](O[C@@H]2O[C@H](C)C[C@H](N(C)C)[C@@H]2O)[C@](C)(O)C[C@@H](C)CN[C@H](C)[C@@H](O)[C@]1(C)O. The molecule has 6 N–H and O–H groups in total. The summed E-state index contributed by atoms with van der Waals surface area (Å²) in [6.07, 6.45) is -8.22. The van der Waals surface area contributed by atoms with E-state index < -0.39 is 96.0 Å². The third kappa shape index (κ3) is 10.2. The van der Waals surface area contributed by atoms with Crippen LogP contribution in [0.25, 0.3) is 0 Å². The second-order valence-electron chi connectivity index (χ2n) is 16.7. The standard InChI is InChI=1S/C37H70N2O12/c1-14-26-37(10,45)30(41)23(6)38-18-19(2)16-35(8,44)32(51-34-28(40)25(39(11)12)15-20(3)47-34)21(4)29(22(5)33(43)49-26)50-27-17-36(9,46-13)31(42)24(7)48-27/h19-32,34,38,40-42,44-45H,14-18H2,1-13H3/t19-,20-,21+,22-,23-,24+,25+,26-,27-,28+,29+,30-,31-,32-,34+,35-,36+,37-/m1/s1. The highest BCUT2D eigenvalue weighted by molar-refractivity contribution is 5.73. The molecule has 0 aromatic carbocycles. The normalized spacial score (nSPS) is 49.9. The maximum Gasteiger partial charge on any atom is 0.311 e. The number of nitrogens with zero attached hydrogens (tertiary/aromatic N) is 1. The zero-order chi connectivity index (χ0) is 38.8. The summed E-state index contributed by atoms with van der Waals surface area (Å²) < 4.78 is 37.4. The van der Waals surface area contributed by atoms with Crippen molar-refractivity contribution >= 4 is 5.97 Å². The summed E-state index contributed by atoms with van der Waals surface area (Å²) in [4.78, 5) is 16.1. The Balaban J connectivity index is 2.15. The molecule has 3 saturated heterocycles. The predicted octanol–water partition coefficient (Wildman–Crippen LogP) is 1.56. The minimum Gasteiger partial charge on any atom is -0.459 e. The molecule has 0 spiro atoms. The molecule has 3 rings (SSSR count). The minimum absolute atomic E-state index is 0.132. The van der Waals surface area contributed by atoms with Gasteiger partial charge < -0.3 is 64.2 Å². The molecule has 3 aliphatic heterocycles. The van der Waals surface area contributed by atoms with Gasteiger partial charge in [-0.15, -0.1) is 0 Å². The van der Waals surface area contributed by atoms with E-state index >= 15 is 0 Å². The third-order valence-corrected chi connectivity index (χ3v) is 11.7. The first kappa shape index (κ1) is 44.4. The molecule has 0 amide bonds. The van der Waals surface area contributed by atoms with Crippen LogP contribution in [0.5, 0.6) is 0 Å². The van der Waals surface area contributed by atoms with Gasteiger partial charge in [0.15, 0.2) is 12.6 Å². The van der Waals surface area contributed by atoms with E-state index in [9.17, 15) is 30.3 Å². The van der Waals surface area contributed by atoms with E-state index in [1.807, 2.05) is 39.8 Å². The Labute approximate surface area is 305 Å². The van der Waals surface area contributed by atoms with E-state index in [0.717, 1.165) is 0 Å². The van der Waals surface area contributed by atoms with E-state index in [-0.39, 0.29) is 37.3 Å². The van der Waals surface area contributed by atoms with E-state index in [0.29, 0.717) is 13.0 Å². The molecule has 0 bridgehead atoms. The minimum atomic E-state index is -1.80. The second kappa shape index (κ2) is 17.6. The molecular formula is C37H70N2O12. The van der Waals surface area contributed by atoms with Crippen LogP contribution in [0.4, 0.5) is 0 Å².